The lowest BCUT2D eigenvalue weighted by atomic mass is 10.3. The average molecular weight is 333 g/mol. The summed E-state index contributed by atoms with van der Waals surface area (Å²) >= 11 is 2.73. The maximum atomic E-state index is 12.2. The summed E-state index contributed by atoms with van der Waals surface area (Å²) in [5.41, 5.74) is 3.16. The van der Waals surface area contributed by atoms with Gasteiger partial charge in [-0.25, -0.2) is 9.97 Å². The van der Waals surface area contributed by atoms with E-state index in [1.165, 1.54) is 22.7 Å². The van der Waals surface area contributed by atoms with E-state index in [1.54, 1.807) is 5.51 Å². The molecule has 1 aromatic carbocycles. The third-order valence-corrected chi connectivity index (χ3v) is 5.09. The summed E-state index contributed by atoms with van der Waals surface area (Å²) < 4.78 is 12.0. The first-order chi connectivity index (χ1) is 10.7. The van der Waals surface area contributed by atoms with E-state index in [4.69, 9.17) is 9.47 Å². The van der Waals surface area contributed by atoms with Crippen LogP contribution in [0.4, 0.5) is 5.13 Å². The first-order valence-corrected chi connectivity index (χ1v) is 8.32. The predicted molar refractivity (Wildman–Crippen MR) is 85.4 cm³/mol. The Kier molecular flexibility index (Phi) is 3.20. The van der Waals surface area contributed by atoms with Gasteiger partial charge >= 0.3 is 0 Å². The fraction of sp³-hybridized carbons (Fsp3) is 0.214. The highest BCUT2D eigenvalue weighted by molar-refractivity contribution is 7.22. The van der Waals surface area contributed by atoms with Crippen LogP contribution in [-0.4, -0.2) is 29.1 Å². The Balaban J connectivity index is 1.65. The molecular formula is C14H11N3O3S2. The standard InChI is InChI=1S/C14H11N3O3S2/c1-7-12(21-6-15-7)13(18)17-14-16-8-4-9-10(5-11(8)22-14)20-3-2-19-9/h4-6H,2-3H2,1H3,(H,16,17,18). The van der Waals surface area contributed by atoms with Crippen molar-refractivity contribution in [2.24, 2.45) is 0 Å². The van der Waals surface area contributed by atoms with E-state index >= 15 is 0 Å². The van der Waals surface area contributed by atoms with Crippen LogP contribution in [0.5, 0.6) is 11.5 Å². The summed E-state index contributed by atoms with van der Waals surface area (Å²) in [5.74, 6) is 1.23. The van der Waals surface area contributed by atoms with Gasteiger partial charge in [-0.1, -0.05) is 11.3 Å². The van der Waals surface area contributed by atoms with E-state index in [-0.39, 0.29) is 5.91 Å². The number of nitrogens with one attached hydrogen (secondary N) is 1. The van der Waals surface area contributed by atoms with Crippen molar-refractivity contribution in [3.8, 4) is 11.5 Å². The molecule has 0 aliphatic carbocycles. The molecule has 1 aliphatic rings. The zero-order valence-electron chi connectivity index (χ0n) is 11.6. The monoisotopic (exact) mass is 333 g/mol. The van der Waals surface area contributed by atoms with Gasteiger partial charge in [0.05, 0.1) is 21.4 Å². The third-order valence-electron chi connectivity index (χ3n) is 3.22. The number of carbonyl (C=O) groups excluding carboxylic acids is 1. The zero-order valence-corrected chi connectivity index (χ0v) is 13.2. The highest BCUT2D eigenvalue weighted by Crippen LogP contribution is 2.37. The van der Waals surface area contributed by atoms with Gasteiger partial charge in [0.25, 0.3) is 5.91 Å². The molecule has 1 aliphatic heterocycles. The van der Waals surface area contributed by atoms with Gasteiger partial charge in [0.2, 0.25) is 0 Å². The summed E-state index contributed by atoms with van der Waals surface area (Å²) in [6.07, 6.45) is 0. The number of nitrogens with zero attached hydrogens (tertiary/aromatic N) is 2. The van der Waals surface area contributed by atoms with Crippen molar-refractivity contribution in [2.75, 3.05) is 18.5 Å². The Morgan fingerprint density at radius 1 is 1.27 bits per heavy atom. The molecule has 3 aromatic rings. The van der Waals surface area contributed by atoms with Gasteiger partial charge in [0.1, 0.15) is 18.1 Å². The van der Waals surface area contributed by atoms with Crippen LogP contribution in [0.1, 0.15) is 15.4 Å². The number of ether oxygens (including phenoxy) is 2. The van der Waals surface area contributed by atoms with Crippen molar-refractivity contribution in [3.05, 3.63) is 28.2 Å². The van der Waals surface area contributed by atoms with E-state index < -0.39 is 0 Å². The molecule has 4 rings (SSSR count). The smallest absolute Gasteiger partial charge is 0.269 e. The lowest BCUT2D eigenvalue weighted by molar-refractivity contribution is 0.103. The SMILES string of the molecule is Cc1ncsc1C(=O)Nc1nc2cc3c(cc2s1)OCCO3. The van der Waals surface area contributed by atoms with Crippen LogP contribution in [0.2, 0.25) is 0 Å². The molecule has 3 heterocycles. The summed E-state index contributed by atoms with van der Waals surface area (Å²) in [4.78, 5) is 21.3. The van der Waals surface area contributed by atoms with Gasteiger partial charge in [-0.15, -0.1) is 11.3 Å². The quantitative estimate of drug-likeness (QED) is 0.780. The Hall–Kier alpha value is -2.19. The fourth-order valence-corrected chi connectivity index (χ4v) is 3.76. The predicted octanol–water partition coefficient (Wildman–Crippen LogP) is 3.08. The second-order valence-electron chi connectivity index (χ2n) is 4.70. The lowest BCUT2D eigenvalue weighted by Gasteiger charge is -2.17. The van der Waals surface area contributed by atoms with Crippen molar-refractivity contribution in [1.82, 2.24) is 9.97 Å². The third kappa shape index (κ3) is 2.30. The molecule has 0 radical (unpaired) electrons. The molecule has 112 valence electrons. The summed E-state index contributed by atoms with van der Waals surface area (Å²) in [6, 6.07) is 3.74. The minimum Gasteiger partial charge on any atom is -0.486 e. The van der Waals surface area contributed by atoms with E-state index in [9.17, 15) is 4.79 Å². The van der Waals surface area contributed by atoms with Crippen molar-refractivity contribution >= 4 is 43.9 Å². The largest absolute Gasteiger partial charge is 0.486 e. The van der Waals surface area contributed by atoms with E-state index in [0.29, 0.717) is 29.0 Å². The molecule has 0 fully saturated rings. The van der Waals surface area contributed by atoms with Gasteiger partial charge in [-0.2, -0.15) is 0 Å². The number of amides is 1. The number of thiazole rings is 2. The van der Waals surface area contributed by atoms with Crippen LogP contribution in [0, 0.1) is 6.92 Å². The highest BCUT2D eigenvalue weighted by atomic mass is 32.1. The van der Waals surface area contributed by atoms with Crippen molar-refractivity contribution in [3.63, 3.8) is 0 Å². The van der Waals surface area contributed by atoms with Crippen LogP contribution in [-0.2, 0) is 0 Å². The molecule has 0 spiro atoms. The molecule has 22 heavy (non-hydrogen) atoms. The van der Waals surface area contributed by atoms with Crippen LogP contribution in [0.15, 0.2) is 17.6 Å². The molecular weight excluding hydrogens is 322 g/mol. The highest BCUT2D eigenvalue weighted by Gasteiger charge is 2.17. The number of carbonyl (C=O) groups is 1. The Labute approximate surface area is 133 Å². The molecule has 0 bridgehead atoms. The molecule has 2 aromatic heterocycles. The van der Waals surface area contributed by atoms with Gasteiger partial charge < -0.3 is 9.47 Å². The normalized spacial score (nSPS) is 13.3. The van der Waals surface area contributed by atoms with Crippen molar-refractivity contribution in [2.45, 2.75) is 6.92 Å². The molecule has 0 unspecified atom stereocenters. The number of anilines is 1. The molecule has 1 amide bonds. The van der Waals surface area contributed by atoms with Crippen molar-refractivity contribution < 1.29 is 14.3 Å². The first-order valence-electron chi connectivity index (χ1n) is 6.62. The van der Waals surface area contributed by atoms with Gasteiger partial charge in [-0.05, 0) is 6.92 Å². The minimum absolute atomic E-state index is 0.184. The number of aromatic nitrogens is 2. The maximum absolute atomic E-state index is 12.2. The zero-order chi connectivity index (χ0) is 15.1. The molecule has 0 atom stereocenters. The van der Waals surface area contributed by atoms with Crippen LogP contribution in [0.25, 0.3) is 10.2 Å². The Bertz CT molecular complexity index is 828. The van der Waals surface area contributed by atoms with Crippen LogP contribution < -0.4 is 14.8 Å². The summed E-state index contributed by atoms with van der Waals surface area (Å²) in [5, 5.41) is 3.37. The first kappa shape index (κ1) is 13.5. The number of hydrogen-bond donors (Lipinski definition) is 1. The summed E-state index contributed by atoms with van der Waals surface area (Å²) in [7, 11) is 0. The average Bonchev–Trinajstić information content (AvgIpc) is 3.09. The molecule has 6 nitrogen and oxygen atoms in total. The minimum atomic E-state index is -0.184. The topological polar surface area (TPSA) is 73.3 Å². The van der Waals surface area contributed by atoms with E-state index in [1.807, 2.05) is 19.1 Å². The Morgan fingerprint density at radius 2 is 2.05 bits per heavy atom. The molecule has 1 N–H and O–H groups in total. The second-order valence-corrected chi connectivity index (χ2v) is 6.59. The molecule has 0 saturated carbocycles. The number of hydrogen-bond acceptors (Lipinski definition) is 7. The number of fused-ring (bicyclic) bond motifs is 2. The number of aryl methyl sites for hydroxylation is 1. The van der Waals surface area contributed by atoms with E-state index in [2.05, 4.69) is 15.3 Å². The maximum Gasteiger partial charge on any atom is 0.269 e. The number of rotatable bonds is 2. The number of benzene rings is 1. The molecule has 8 heteroatoms. The van der Waals surface area contributed by atoms with Crippen molar-refractivity contribution in [1.29, 1.82) is 0 Å². The fourth-order valence-electron chi connectivity index (χ4n) is 2.19. The van der Waals surface area contributed by atoms with Crippen LogP contribution >= 0.6 is 22.7 Å². The van der Waals surface area contributed by atoms with Crippen LogP contribution in [0.3, 0.4) is 0 Å². The lowest BCUT2D eigenvalue weighted by Crippen LogP contribution is -2.15. The van der Waals surface area contributed by atoms with Gasteiger partial charge in [0.15, 0.2) is 16.6 Å². The second kappa shape index (κ2) is 5.22. The van der Waals surface area contributed by atoms with Gasteiger partial charge in [-0.3, -0.25) is 10.1 Å². The van der Waals surface area contributed by atoms with E-state index in [0.717, 1.165) is 21.7 Å². The molecule has 0 saturated heterocycles. The Morgan fingerprint density at radius 3 is 2.77 bits per heavy atom. The van der Waals surface area contributed by atoms with Gasteiger partial charge in [0, 0.05) is 12.1 Å². The summed E-state index contributed by atoms with van der Waals surface area (Å²) in [6.45, 7) is 2.90.